The van der Waals surface area contributed by atoms with E-state index in [0.29, 0.717) is 17.3 Å². The van der Waals surface area contributed by atoms with E-state index in [-0.39, 0.29) is 17.8 Å². The number of carbonyl (C=O) groups is 2. The lowest BCUT2D eigenvalue weighted by Crippen LogP contribution is -2.05. The highest BCUT2D eigenvalue weighted by atomic mass is 35.5. The summed E-state index contributed by atoms with van der Waals surface area (Å²) in [6.07, 6.45) is 3.49. The highest BCUT2D eigenvalue weighted by molar-refractivity contribution is 6.30. The van der Waals surface area contributed by atoms with Gasteiger partial charge in [-0.3, -0.25) is 4.79 Å². The number of nitrogens with zero attached hydrogens (tertiary/aromatic N) is 2. The number of Topliss-reactive ketones (excluding diaryl/α,β-unsaturated/α-hetero) is 1. The van der Waals surface area contributed by atoms with Gasteiger partial charge in [0.2, 0.25) is 0 Å². The molecule has 0 amide bonds. The van der Waals surface area contributed by atoms with Gasteiger partial charge in [0.1, 0.15) is 5.69 Å². The fraction of sp³-hybridized carbons (Fsp3) is 0.105. The molecule has 0 atom stereocenters. The highest BCUT2D eigenvalue weighted by Gasteiger charge is 2.11. The minimum atomic E-state index is -0.988. The van der Waals surface area contributed by atoms with Gasteiger partial charge in [-0.25, -0.2) is 9.78 Å². The van der Waals surface area contributed by atoms with Crippen molar-refractivity contribution < 1.29 is 14.7 Å². The molecule has 0 unspecified atom stereocenters. The lowest BCUT2D eigenvalue weighted by Gasteiger charge is -2.02. The molecule has 0 aliphatic carbocycles. The number of ketones is 1. The van der Waals surface area contributed by atoms with E-state index in [2.05, 4.69) is 4.98 Å². The predicted octanol–water partition coefficient (Wildman–Crippen LogP) is 3.71. The fourth-order valence-corrected chi connectivity index (χ4v) is 2.69. The van der Waals surface area contributed by atoms with Crippen molar-refractivity contribution in [3.63, 3.8) is 0 Å². The van der Waals surface area contributed by atoms with Crippen LogP contribution in [0.2, 0.25) is 5.02 Å². The van der Waals surface area contributed by atoms with Crippen LogP contribution in [0.3, 0.4) is 0 Å². The third kappa shape index (κ3) is 4.33. The van der Waals surface area contributed by atoms with E-state index >= 15 is 0 Å². The SMILES string of the molecule is O=C(O)c1ccc(CC(=O)c2cn(Cc3cccc(Cl)c3)cn2)cc1. The summed E-state index contributed by atoms with van der Waals surface area (Å²) in [7, 11) is 0. The zero-order valence-corrected chi connectivity index (χ0v) is 14.0. The highest BCUT2D eigenvalue weighted by Crippen LogP contribution is 2.13. The summed E-state index contributed by atoms with van der Waals surface area (Å²) >= 11 is 5.97. The number of carboxylic acids is 1. The lowest BCUT2D eigenvalue weighted by molar-refractivity contribution is 0.0696. The van der Waals surface area contributed by atoms with Gasteiger partial charge in [0.05, 0.1) is 11.9 Å². The standard InChI is InChI=1S/C19H15ClN2O3/c20-16-3-1-2-14(8-16)10-22-11-17(21-12-22)18(23)9-13-4-6-15(7-5-13)19(24)25/h1-8,11-12H,9-10H2,(H,24,25). The van der Waals surface area contributed by atoms with Gasteiger partial charge >= 0.3 is 5.97 Å². The van der Waals surface area contributed by atoms with Crippen molar-refractivity contribution in [2.45, 2.75) is 13.0 Å². The van der Waals surface area contributed by atoms with Crippen LogP contribution in [0, 0.1) is 0 Å². The number of carboxylic acid groups (broad SMARTS) is 1. The Balaban J connectivity index is 1.67. The number of halogens is 1. The zero-order chi connectivity index (χ0) is 17.8. The molecule has 0 saturated carbocycles. The molecule has 5 nitrogen and oxygen atoms in total. The van der Waals surface area contributed by atoms with E-state index < -0.39 is 5.97 Å². The van der Waals surface area contributed by atoms with Crippen molar-refractivity contribution in [3.8, 4) is 0 Å². The molecule has 0 radical (unpaired) electrons. The van der Waals surface area contributed by atoms with Gasteiger partial charge in [-0.05, 0) is 35.4 Å². The molecule has 3 aromatic rings. The van der Waals surface area contributed by atoms with Gasteiger partial charge in [-0.1, -0.05) is 35.9 Å². The van der Waals surface area contributed by atoms with Gasteiger partial charge in [-0.15, -0.1) is 0 Å². The molecule has 1 aromatic heterocycles. The van der Waals surface area contributed by atoms with Crippen LogP contribution in [0.25, 0.3) is 0 Å². The molecule has 3 rings (SSSR count). The van der Waals surface area contributed by atoms with Crippen LogP contribution in [0.5, 0.6) is 0 Å². The Labute approximate surface area is 149 Å². The van der Waals surface area contributed by atoms with Crippen LogP contribution in [-0.4, -0.2) is 26.4 Å². The number of aromatic carboxylic acids is 1. The predicted molar refractivity (Wildman–Crippen MR) is 94.2 cm³/mol. The summed E-state index contributed by atoms with van der Waals surface area (Å²) < 4.78 is 1.83. The summed E-state index contributed by atoms with van der Waals surface area (Å²) in [4.78, 5) is 27.3. The maximum absolute atomic E-state index is 12.3. The third-order valence-corrected chi connectivity index (χ3v) is 3.97. The van der Waals surface area contributed by atoms with E-state index in [1.807, 2.05) is 28.8 Å². The van der Waals surface area contributed by atoms with E-state index in [4.69, 9.17) is 16.7 Å². The van der Waals surface area contributed by atoms with Crippen LogP contribution in [-0.2, 0) is 13.0 Å². The van der Waals surface area contributed by atoms with E-state index in [1.165, 1.54) is 12.1 Å². The molecule has 0 aliphatic heterocycles. The molecule has 1 heterocycles. The number of hydrogen-bond donors (Lipinski definition) is 1. The molecule has 0 saturated heterocycles. The summed E-state index contributed by atoms with van der Waals surface area (Å²) in [6, 6.07) is 13.8. The smallest absolute Gasteiger partial charge is 0.335 e. The van der Waals surface area contributed by atoms with Crippen molar-refractivity contribution in [1.82, 2.24) is 9.55 Å². The molecular formula is C19H15ClN2O3. The number of rotatable bonds is 6. The topological polar surface area (TPSA) is 72.2 Å². The molecule has 25 heavy (non-hydrogen) atoms. The summed E-state index contributed by atoms with van der Waals surface area (Å²) in [5.74, 6) is -1.11. The molecule has 0 spiro atoms. The molecule has 0 fully saturated rings. The largest absolute Gasteiger partial charge is 0.478 e. The third-order valence-electron chi connectivity index (χ3n) is 3.74. The number of carbonyl (C=O) groups excluding carboxylic acids is 1. The fourth-order valence-electron chi connectivity index (χ4n) is 2.48. The Hall–Kier alpha value is -2.92. The van der Waals surface area contributed by atoms with Gasteiger partial charge < -0.3 is 9.67 Å². The number of hydrogen-bond acceptors (Lipinski definition) is 3. The van der Waals surface area contributed by atoms with E-state index in [1.54, 1.807) is 24.7 Å². The second kappa shape index (κ2) is 7.32. The monoisotopic (exact) mass is 354 g/mol. The maximum atomic E-state index is 12.3. The molecule has 0 bridgehead atoms. The number of benzene rings is 2. The van der Waals surface area contributed by atoms with Gasteiger partial charge in [-0.2, -0.15) is 0 Å². The van der Waals surface area contributed by atoms with Gasteiger partial charge in [0.25, 0.3) is 0 Å². The van der Waals surface area contributed by atoms with Crippen LogP contribution in [0.4, 0.5) is 0 Å². The first-order valence-corrected chi connectivity index (χ1v) is 8.01. The minimum absolute atomic E-state index is 0.118. The Bertz CT molecular complexity index is 916. The molecule has 0 aliphatic rings. The lowest BCUT2D eigenvalue weighted by atomic mass is 10.1. The first-order chi connectivity index (χ1) is 12.0. The Morgan fingerprint density at radius 2 is 1.84 bits per heavy atom. The van der Waals surface area contributed by atoms with Crippen molar-refractivity contribution in [1.29, 1.82) is 0 Å². The Kier molecular flexibility index (Phi) is 4.95. The molecule has 2 aromatic carbocycles. The van der Waals surface area contributed by atoms with Crippen LogP contribution >= 0.6 is 11.6 Å². The van der Waals surface area contributed by atoms with E-state index in [0.717, 1.165) is 11.1 Å². The van der Waals surface area contributed by atoms with Gasteiger partial charge in [0.15, 0.2) is 5.78 Å². The van der Waals surface area contributed by atoms with E-state index in [9.17, 15) is 9.59 Å². The first kappa shape index (κ1) is 16.9. The first-order valence-electron chi connectivity index (χ1n) is 7.63. The van der Waals surface area contributed by atoms with Crippen LogP contribution in [0.15, 0.2) is 61.1 Å². The van der Waals surface area contributed by atoms with Gasteiger partial charge in [0, 0.05) is 24.2 Å². The quantitative estimate of drug-likeness (QED) is 0.685. The second-order valence-corrected chi connectivity index (χ2v) is 6.10. The Morgan fingerprint density at radius 3 is 2.52 bits per heavy atom. The van der Waals surface area contributed by atoms with Crippen molar-refractivity contribution in [2.75, 3.05) is 0 Å². The zero-order valence-electron chi connectivity index (χ0n) is 13.2. The normalized spacial score (nSPS) is 10.6. The van der Waals surface area contributed by atoms with Crippen LogP contribution < -0.4 is 0 Å². The van der Waals surface area contributed by atoms with Crippen molar-refractivity contribution >= 4 is 23.4 Å². The molecule has 1 N–H and O–H groups in total. The molecule has 126 valence electrons. The summed E-state index contributed by atoms with van der Waals surface area (Å²) in [5.41, 5.74) is 2.35. The average molecular weight is 355 g/mol. The molecular weight excluding hydrogens is 340 g/mol. The maximum Gasteiger partial charge on any atom is 0.335 e. The summed E-state index contributed by atoms with van der Waals surface area (Å²) in [5, 5.41) is 9.55. The summed E-state index contributed by atoms with van der Waals surface area (Å²) in [6.45, 7) is 0.578. The van der Waals surface area contributed by atoms with Crippen molar-refractivity contribution in [2.24, 2.45) is 0 Å². The average Bonchev–Trinajstić information content (AvgIpc) is 3.04. The second-order valence-electron chi connectivity index (χ2n) is 5.66. The molecule has 6 heteroatoms. The minimum Gasteiger partial charge on any atom is -0.478 e. The van der Waals surface area contributed by atoms with Crippen LogP contribution in [0.1, 0.15) is 32.0 Å². The Morgan fingerprint density at radius 1 is 1.08 bits per heavy atom. The van der Waals surface area contributed by atoms with Crippen molar-refractivity contribution in [3.05, 3.63) is 88.5 Å². The number of imidazole rings is 1. The number of aromatic nitrogens is 2.